The molecule has 0 aromatic rings. The molecule has 0 aromatic carbocycles. The highest BCUT2D eigenvalue weighted by Crippen LogP contribution is 2.23. The summed E-state index contributed by atoms with van der Waals surface area (Å²) in [5.41, 5.74) is 0.442. The normalized spacial score (nSPS) is 13.6. The van der Waals surface area contributed by atoms with Gasteiger partial charge in [0.25, 0.3) is 0 Å². The molecule has 0 aliphatic rings. The summed E-state index contributed by atoms with van der Waals surface area (Å²) in [6.45, 7) is 8.93. The lowest BCUT2D eigenvalue weighted by molar-refractivity contribution is 0.516. The highest BCUT2D eigenvalue weighted by Gasteiger charge is 2.22. The van der Waals surface area contributed by atoms with Crippen molar-refractivity contribution >= 4 is 8.07 Å². The fourth-order valence-corrected chi connectivity index (χ4v) is 2.73. The lowest BCUT2D eigenvalue weighted by atomic mass is 10.3. The fraction of sp³-hybridized carbons (Fsp3) is 0.750. The molecule has 1 atom stereocenters. The molecule has 0 fully saturated rings. The number of aliphatic hydroxyl groups excluding tert-OH is 1. The first-order chi connectivity index (χ1) is 4.52. The van der Waals surface area contributed by atoms with Crippen molar-refractivity contribution in [1.82, 2.24) is 0 Å². The zero-order valence-electron chi connectivity index (χ0n) is 7.23. The minimum atomic E-state index is -1.14. The second-order valence-corrected chi connectivity index (χ2v) is 9.01. The standard InChI is InChI=1S/C8H16OSi/c1-5-8(6-7-9)10(2,3)4/h8-9H,5H2,1-4H3. The van der Waals surface area contributed by atoms with E-state index in [1.165, 1.54) is 0 Å². The summed E-state index contributed by atoms with van der Waals surface area (Å²) in [4.78, 5) is 0. The largest absolute Gasteiger partial charge is 0.462 e. The molecule has 1 N–H and O–H groups in total. The first-order valence-electron chi connectivity index (χ1n) is 3.67. The Balaban J connectivity index is 4.17. The van der Waals surface area contributed by atoms with Crippen molar-refractivity contribution in [3.8, 4) is 12.0 Å². The second kappa shape index (κ2) is 3.67. The minimum Gasteiger partial charge on any atom is -0.462 e. The predicted octanol–water partition coefficient (Wildman–Crippen LogP) is 2.44. The van der Waals surface area contributed by atoms with Gasteiger partial charge in [-0.1, -0.05) is 32.5 Å². The van der Waals surface area contributed by atoms with Crippen LogP contribution in [0.5, 0.6) is 0 Å². The molecule has 0 aromatic heterocycles. The van der Waals surface area contributed by atoms with Crippen molar-refractivity contribution in [2.24, 2.45) is 0 Å². The topological polar surface area (TPSA) is 20.2 Å². The van der Waals surface area contributed by atoms with E-state index in [-0.39, 0.29) is 0 Å². The van der Waals surface area contributed by atoms with E-state index in [1.54, 1.807) is 0 Å². The highest BCUT2D eigenvalue weighted by atomic mass is 28.3. The average molecular weight is 156 g/mol. The lowest BCUT2D eigenvalue weighted by Crippen LogP contribution is -2.26. The molecule has 58 valence electrons. The van der Waals surface area contributed by atoms with Crippen LogP contribution in [0.1, 0.15) is 13.3 Å². The first-order valence-corrected chi connectivity index (χ1v) is 7.24. The number of aliphatic hydroxyl groups is 1. The maximum absolute atomic E-state index is 8.39. The molecule has 2 heteroatoms. The second-order valence-electron chi connectivity index (χ2n) is 3.58. The Hall–Kier alpha value is -0.423. The van der Waals surface area contributed by atoms with E-state index >= 15 is 0 Å². The third-order valence-corrected chi connectivity index (χ3v) is 4.34. The van der Waals surface area contributed by atoms with Crippen LogP contribution in [0.2, 0.25) is 25.2 Å². The molecule has 0 heterocycles. The number of hydrogen-bond acceptors (Lipinski definition) is 1. The van der Waals surface area contributed by atoms with Gasteiger partial charge in [0.15, 0.2) is 0 Å². The summed E-state index contributed by atoms with van der Waals surface area (Å²) >= 11 is 0. The van der Waals surface area contributed by atoms with Crippen LogP contribution in [0.15, 0.2) is 0 Å². The van der Waals surface area contributed by atoms with Crippen molar-refractivity contribution in [3.05, 3.63) is 0 Å². The molecule has 0 aliphatic heterocycles. The molecule has 0 rings (SSSR count). The maximum Gasteiger partial charge on any atom is 0.107 e. The zero-order valence-corrected chi connectivity index (χ0v) is 8.23. The summed E-state index contributed by atoms with van der Waals surface area (Å²) in [5, 5.41) is 8.39. The minimum absolute atomic E-state index is 0.442. The lowest BCUT2D eigenvalue weighted by Gasteiger charge is -2.21. The van der Waals surface area contributed by atoms with Crippen LogP contribution in [0.25, 0.3) is 0 Å². The molecular formula is C8H16OSi. The Labute approximate surface area is 64.5 Å². The smallest absolute Gasteiger partial charge is 0.107 e. The SMILES string of the molecule is CCC(C#CO)[Si](C)(C)C. The van der Waals surface area contributed by atoms with Gasteiger partial charge < -0.3 is 5.11 Å². The van der Waals surface area contributed by atoms with Gasteiger partial charge >= 0.3 is 0 Å². The van der Waals surface area contributed by atoms with E-state index in [4.69, 9.17) is 5.11 Å². The molecule has 0 amide bonds. The molecule has 0 aliphatic carbocycles. The van der Waals surface area contributed by atoms with Crippen molar-refractivity contribution in [3.63, 3.8) is 0 Å². The van der Waals surface area contributed by atoms with Crippen molar-refractivity contribution in [1.29, 1.82) is 0 Å². The van der Waals surface area contributed by atoms with Crippen molar-refractivity contribution < 1.29 is 5.11 Å². The van der Waals surface area contributed by atoms with Crippen molar-refractivity contribution in [2.75, 3.05) is 0 Å². The van der Waals surface area contributed by atoms with Gasteiger partial charge in [0.2, 0.25) is 0 Å². The van der Waals surface area contributed by atoms with Gasteiger partial charge in [0.05, 0.1) is 8.07 Å². The summed E-state index contributed by atoms with van der Waals surface area (Å²) in [7, 11) is -1.14. The van der Waals surface area contributed by atoms with Gasteiger partial charge in [-0.25, -0.2) is 0 Å². The van der Waals surface area contributed by atoms with E-state index in [0.717, 1.165) is 6.42 Å². The summed E-state index contributed by atoms with van der Waals surface area (Å²) in [6.07, 6.45) is 3.07. The van der Waals surface area contributed by atoms with Crippen LogP contribution in [-0.2, 0) is 0 Å². The average Bonchev–Trinajstić information content (AvgIpc) is 1.80. The van der Waals surface area contributed by atoms with Gasteiger partial charge in [0, 0.05) is 5.54 Å². The Bertz CT molecular complexity index is 147. The van der Waals surface area contributed by atoms with E-state index < -0.39 is 8.07 Å². The maximum atomic E-state index is 8.39. The summed E-state index contributed by atoms with van der Waals surface area (Å²) in [6, 6.07) is 0. The Morgan fingerprint density at radius 3 is 2.00 bits per heavy atom. The number of rotatable bonds is 2. The molecule has 10 heavy (non-hydrogen) atoms. The Morgan fingerprint density at radius 1 is 1.40 bits per heavy atom. The van der Waals surface area contributed by atoms with Gasteiger partial charge in [-0.2, -0.15) is 0 Å². The van der Waals surface area contributed by atoms with Gasteiger partial charge in [-0.05, 0) is 6.42 Å². The zero-order chi connectivity index (χ0) is 8.20. The van der Waals surface area contributed by atoms with Gasteiger partial charge in [0.1, 0.15) is 6.11 Å². The molecule has 0 bridgehead atoms. The highest BCUT2D eigenvalue weighted by molar-refractivity contribution is 6.78. The van der Waals surface area contributed by atoms with Gasteiger partial charge in [-0.15, -0.1) is 0 Å². The van der Waals surface area contributed by atoms with E-state index in [0.29, 0.717) is 5.54 Å². The molecule has 0 spiro atoms. The van der Waals surface area contributed by atoms with Crippen LogP contribution in [0.4, 0.5) is 0 Å². The Morgan fingerprint density at radius 2 is 1.90 bits per heavy atom. The van der Waals surface area contributed by atoms with E-state index in [2.05, 4.69) is 32.5 Å². The third-order valence-electron chi connectivity index (χ3n) is 1.69. The van der Waals surface area contributed by atoms with Crippen LogP contribution in [0.3, 0.4) is 0 Å². The van der Waals surface area contributed by atoms with E-state index in [1.807, 2.05) is 6.11 Å². The first kappa shape index (κ1) is 9.58. The monoisotopic (exact) mass is 156 g/mol. The summed E-state index contributed by atoms with van der Waals surface area (Å²) < 4.78 is 0. The number of hydrogen-bond donors (Lipinski definition) is 1. The molecule has 0 saturated carbocycles. The van der Waals surface area contributed by atoms with Crippen LogP contribution >= 0.6 is 0 Å². The molecular weight excluding hydrogens is 140 g/mol. The Kier molecular flexibility index (Phi) is 3.52. The quantitative estimate of drug-likeness (QED) is 0.481. The predicted molar refractivity (Wildman–Crippen MR) is 47.1 cm³/mol. The molecule has 0 saturated heterocycles. The fourth-order valence-electron chi connectivity index (χ4n) is 1.01. The van der Waals surface area contributed by atoms with Crippen LogP contribution < -0.4 is 0 Å². The molecule has 0 radical (unpaired) electrons. The molecule has 1 unspecified atom stereocenters. The van der Waals surface area contributed by atoms with Crippen LogP contribution in [-0.4, -0.2) is 13.2 Å². The van der Waals surface area contributed by atoms with Crippen LogP contribution in [0, 0.1) is 12.0 Å². The van der Waals surface area contributed by atoms with Crippen molar-refractivity contribution in [2.45, 2.75) is 38.5 Å². The van der Waals surface area contributed by atoms with E-state index in [9.17, 15) is 0 Å². The third kappa shape index (κ3) is 2.93. The summed E-state index contributed by atoms with van der Waals surface area (Å²) in [5.74, 6) is 2.84. The molecule has 1 nitrogen and oxygen atoms in total. The van der Waals surface area contributed by atoms with Gasteiger partial charge in [-0.3, -0.25) is 0 Å².